The average molecular weight is 432 g/mol. The first kappa shape index (κ1) is 22.3. The summed E-state index contributed by atoms with van der Waals surface area (Å²) in [7, 11) is 0. The van der Waals surface area contributed by atoms with Crippen LogP contribution in [0.25, 0.3) is 0 Å². The molecule has 0 saturated heterocycles. The molecule has 162 valence electrons. The van der Waals surface area contributed by atoms with E-state index >= 15 is 0 Å². The number of esters is 2. The van der Waals surface area contributed by atoms with Gasteiger partial charge in [0.2, 0.25) is 0 Å². The van der Waals surface area contributed by atoms with Crippen LogP contribution in [0.2, 0.25) is 0 Å². The van der Waals surface area contributed by atoms with Crippen LogP contribution in [-0.2, 0) is 23.9 Å². The standard InChI is InChI=1S/C23H29NO5S/c1-5-8-15-20(23(27)29-7-3)18(14-9-10-30-12-14)19-16(24-15)11-13(4)17(21(19)25)22(26)28-6-2/h9-10,12-13,17-18,24H,5-8,11H2,1-4H3. The number of nitrogens with one attached hydrogen (secondary N) is 1. The Labute approximate surface area is 181 Å². The van der Waals surface area contributed by atoms with Gasteiger partial charge in [-0.15, -0.1) is 0 Å². The molecular weight excluding hydrogens is 402 g/mol. The molecule has 0 amide bonds. The van der Waals surface area contributed by atoms with Gasteiger partial charge in [0.25, 0.3) is 0 Å². The molecule has 2 aliphatic rings. The lowest BCUT2D eigenvalue weighted by atomic mass is 9.69. The summed E-state index contributed by atoms with van der Waals surface area (Å²) < 4.78 is 10.6. The second kappa shape index (κ2) is 9.60. The van der Waals surface area contributed by atoms with E-state index in [4.69, 9.17) is 9.47 Å². The molecular formula is C23H29NO5S. The van der Waals surface area contributed by atoms with Crippen molar-refractivity contribution < 1.29 is 23.9 Å². The fourth-order valence-electron chi connectivity index (χ4n) is 4.37. The van der Waals surface area contributed by atoms with Crippen molar-refractivity contribution in [1.29, 1.82) is 0 Å². The lowest BCUT2D eigenvalue weighted by Crippen LogP contribution is -2.43. The van der Waals surface area contributed by atoms with Gasteiger partial charge >= 0.3 is 11.9 Å². The lowest BCUT2D eigenvalue weighted by molar-refractivity contribution is -0.153. The Hall–Kier alpha value is -2.41. The number of hydrogen-bond acceptors (Lipinski definition) is 7. The van der Waals surface area contributed by atoms with Gasteiger partial charge in [0.1, 0.15) is 5.92 Å². The molecule has 3 atom stereocenters. The van der Waals surface area contributed by atoms with Gasteiger partial charge in [-0.2, -0.15) is 11.3 Å². The van der Waals surface area contributed by atoms with Gasteiger partial charge in [-0.05, 0) is 55.0 Å². The van der Waals surface area contributed by atoms with Gasteiger partial charge in [0, 0.05) is 22.9 Å². The van der Waals surface area contributed by atoms with Crippen molar-refractivity contribution in [1.82, 2.24) is 5.32 Å². The second-order valence-corrected chi connectivity index (χ2v) is 8.43. The highest BCUT2D eigenvalue weighted by molar-refractivity contribution is 7.08. The van der Waals surface area contributed by atoms with E-state index in [1.165, 1.54) is 11.3 Å². The van der Waals surface area contributed by atoms with Gasteiger partial charge in [-0.1, -0.05) is 20.3 Å². The van der Waals surface area contributed by atoms with Crippen molar-refractivity contribution in [2.75, 3.05) is 13.2 Å². The van der Waals surface area contributed by atoms with Crippen LogP contribution in [-0.4, -0.2) is 30.9 Å². The molecule has 2 heterocycles. The van der Waals surface area contributed by atoms with Crippen LogP contribution in [0, 0.1) is 11.8 Å². The third kappa shape index (κ3) is 4.08. The van der Waals surface area contributed by atoms with Gasteiger partial charge in [-0.3, -0.25) is 9.59 Å². The molecule has 0 bridgehead atoms. The van der Waals surface area contributed by atoms with E-state index in [-0.39, 0.29) is 24.9 Å². The number of ketones is 1. The Balaban J connectivity index is 2.15. The lowest BCUT2D eigenvalue weighted by Gasteiger charge is -2.38. The summed E-state index contributed by atoms with van der Waals surface area (Å²) in [6.07, 6.45) is 2.07. The van der Waals surface area contributed by atoms with E-state index < -0.39 is 23.8 Å². The SMILES string of the molecule is CCCC1=C(C(=O)OCC)C(c2ccsc2)C2=C(CC(C)C(C(=O)OCC)C2=O)N1. The molecule has 0 aromatic carbocycles. The zero-order chi connectivity index (χ0) is 21.8. The summed E-state index contributed by atoms with van der Waals surface area (Å²) in [4.78, 5) is 39.2. The fraction of sp³-hybridized carbons (Fsp3) is 0.522. The Morgan fingerprint density at radius 2 is 1.93 bits per heavy atom. The minimum absolute atomic E-state index is 0.182. The molecule has 3 rings (SSSR count). The van der Waals surface area contributed by atoms with Gasteiger partial charge < -0.3 is 14.8 Å². The first-order chi connectivity index (χ1) is 14.4. The maximum absolute atomic E-state index is 13.6. The summed E-state index contributed by atoms with van der Waals surface area (Å²) in [5, 5.41) is 7.26. The minimum Gasteiger partial charge on any atom is -0.465 e. The molecule has 3 unspecified atom stereocenters. The van der Waals surface area contributed by atoms with E-state index in [2.05, 4.69) is 5.32 Å². The van der Waals surface area contributed by atoms with Crippen LogP contribution in [0.1, 0.15) is 58.4 Å². The maximum atomic E-state index is 13.6. The predicted octanol–water partition coefficient (Wildman–Crippen LogP) is 4.09. The molecule has 0 spiro atoms. The summed E-state index contributed by atoms with van der Waals surface area (Å²) in [5.41, 5.74) is 3.45. The molecule has 1 aliphatic heterocycles. The van der Waals surface area contributed by atoms with E-state index in [1.54, 1.807) is 13.8 Å². The van der Waals surface area contributed by atoms with Crippen molar-refractivity contribution in [3.05, 3.63) is 44.9 Å². The Kier molecular flexibility index (Phi) is 7.13. The molecule has 1 N–H and O–H groups in total. The molecule has 7 heteroatoms. The first-order valence-corrected chi connectivity index (χ1v) is 11.5. The summed E-state index contributed by atoms with van der Waals surface area (Å²) in [6.45, 7) is 7.92. The van der Waals surface area contributed by atoms with Crippen LogP contribution in [0.15, 0.2) is 39.4 Å². The number of carbonyl (C=O) groups is 3. The number of ether oxygens (including phenoxy) is 2. The number of allylic oxidation sites excluding steroid dienone is 3. The van der Waals surface area contributed by atoms with Crippen LogP contribution >= 0.6 is 11.3 Å². The maximum Gasteiger partial charge on any atom is 0.336 e. The highest BCUT2D eigenvalue weighted by atomic mass is 32.1. The van der Waals surface area contributed by atoms with E-state index in [1.807, 2.05) is 30.7 Å². The summed E-state index contributed by atoms with van der Waals surface area (Å²) in [6, 6.07) is 1.93. The summed E-state index contributed by atoms with van der Waals surface area (Å²) >= 11 is 1.51. The van der Waals surface area contributed by atoms with Crippen LogP contribution in [0.4, 0.5) is 0 Å². The largest absolute Gasteiger partial charge is 0.465 e. The quantitative estimate of drug-likeness (QED) is 0.517. The Morgan fingerprint density at radius 1 is 1.20 bits per heavy atom. The number of rotatable bonds is 7. The van der Waals surface area contributed by atoms with Gasteiger partial charge in [0.05, 0.1) is 18.8 Å². The summed E-state index contributed by atoms with van der Waals surface area (Å²) in [5.74, 6) is -2.75. The van der Waals surface area contributed by atoms with Crippen LogP contribution in [0.5, 0.6) is 0 Å². The molecule has 1 aromatic rings. The molecule has 30 heavy (non-hydrogen) atoms. The third-order valence-electron chi connectivity index (χ3n) is 5.58. The van der Waals surface area contributed by atoms with Crippen LogP contribution < -0.4 is 5.32 Å². The second-order valence-electron chi connectivity index (χ2n) is 7.65. The third-order valence-corrected chi connectivity index (χ3v) is 6.29. The van der Waals surface area contributed by atoms with Crippen molar-refractivity contribution in [3.8, 4) is 0 Å². The Bertz CT molecular complexity index is 883. The fourth-order valence-corrected chi connectivity index (χ4v) is 5.05. The van der Waals surface area contributed by atoms with E-state index in [0.717, 1.165) is 23.4 Å². The highest BCUT2D eigenvalue weighted by Gasteiger charge is 2.47. The number of dihydropyridines is 1. The minimum atomic E-state index is -0.859. The smallest absolute Gasteiger partial charge is 0.336 e. The number of Topliss-reactive ketones (excluding diaryl/α,β-unsaturated/α-hetero) is 1. The predicted molar refractivity (Wildman–Crippen MR) is 115 cm³/mol. The molecule has 0 saturated carbocycles. The van der Waals surface area contributed by atoms with Crippen molar-refractivity contribution in [2.45, 2.75) is 52.9 Å². The van der Waals surface area contributed by atoms with E-state index in [0.29, 0.717) is 24.0 Å². The van der Waals surface area contributed by atoms with Gasteiger partial charge in [-0.25, -0.2) is 4.79 Å². The number of thiophene rings is 1. The van der Waals surface area contributed by atoms with Crippen molar-refractivity contribution >= 4 is 29.1 Å². The first-order valence-electron chi connectivity index (χ1n) is 10.6. The zero-order valence-electron chi connectivity index (χ0n) is 17.9. The molecule has 1 aliphatic carbocycles. The van der Waals surface area contributed by atoms with Gasteiger partial charge in [0.15, 0.2) is 5.78 Å². The van der Waals surface area contributed by atoms with Crippen molar-refractivity contribution in [3.63, 3.8) is 0 Å². The monoisotopic (exact) mass is 431 g/mol. The average Bonchev–Trinajstić information content (AvgIpc) is 3.22. The molecule has 0 fully saturated rings. The van der Waals surface area contributed by atoms with E-state index in [9.17, 15) is 14.4 Å². The highest BCUT2D eigenvalue weighted by Crippen LogP contribution is 2.46. The number of hydrogen-bond donors (Lipinski definition) is 1. The Morgan fingerprint density at radius 3 is 2.53 bits per heavy atom. The molecule has 0 radical (unpaired) electrons. The number of carbonyl (C=O) groups excluding carboxylic acids is 3. The normalized spacial score (nSPS) is 23.7. The molecule has 1 aromatic heterocycles. The topological polar surface area (TPSA) is 81.7 Å². The van der Waals surface area contributed by atoms with Crippen LogP contribution in [0.3, 0.4) is 0 Å². The molecule has 6 nitrogen and oxygen atoms in total. The zero-order valence-corrected chi connectivity index (χ0v) is 18.8. The van der Waals surface area contributed by atoms with Crippen molar-refractivity contribution in [2.24, 2.45) is 11.8 Å².